The van der Waals surface area contributed by atoms with Crippen LogP contribution in [0.2, 0.25) is 0 Å². The summed E-state index contributed by atoms with van der Waals surface area (Å²) in [7, 11) is 0. The highest BCUT2D eigenvalue weighted by atomic mass is 35.5. The number of ether oxygens (including phenoxy) is 1. The summed E-state index contributed by atoms with van der Waals surface area (Å²) in [6, 6.07) is 7.56. The monoisotopic (exact) mass is 361 g/mol. The molecule has 0 bridgehead atoms. The number of hydrogen-bond donors (Lipinski definition) is 3. The molecule has 0 amide bonds. The Morgan fingerprint density at radius 2 is 2.04 bits per heavy atom. The molecule has 3 rings (SSSR count). The van der Waals surface area contributed by atoms with Gasteiger partial charge in [0.2, 0.25) is 0 Å². The van der Waals surface area contributed by atoms with Gasteiger partial charge in [0.25, 0.3) is 0 Å². The van der Waals surface area contributed by atoms with Crippen molar-refractivity contribution in [1.82, 2.24) is 14.9 Å². The Kier molecular flexibility index (Phi) is 7.81. The zero-order valence-electron chi connectivity index (χ0n) is 12.5. The van der Waals surface area contributed by atoms with Gasteiger partial charge in [0.05, 0.1) is 24.3 Å². The van der Waals surface area contributed by atoms with Gasteiger partial charge in [0.15, 0.2) is 0 Å². The van der Waals surface area contributed by atoms with E-state index in [1.165, 1.54) is 0 Å². The lowest BCUT2D eigenvalue weighted by molar-refractivity contribution is 0.151. The first kappa shape index (κ1) is 19.7. The van der Waals surface area contributed by atoms with E-state index < -0.39 is 6.10 Å². The second-order valence-corrected chi connectivity index (χ2v) is 5.02. The second-order valence-electron chi connectivity index (χ2n) is 5.02. The lowest BCUT2D eigenvalue weighted by atomic mass is 10.1. The molecule has 1 aliphatic heterocycles. The van der Waals surface area contributed by atoms with Crippen molar-refractivity contribution in [2.45, 2.75) is 12.1 Å². The van der Waals surface area contributed by atoms with E-state index in [2.05, 4.69) is 10.3 Å². The van der Waals surface area contributed by atoms with Crippen LogP contribution in [-0.4, -0.2) is 52.2 Å². The number of halogens is 2. The largest absolute Gasteiger partial charge is 0.490 e. The number of para-hydroxylation sites is 1. The normalized spacial score (nSPS) is 19.7. The van der Waals surface area contributed by atoms with E-state index in [9.17, 15) is 5.11 Å². The number of imidazole rings is 1. The van der Waals surface area contributed by atoms with Gasteiger partial charge >= 0.3 is 0 Å². The number of aliphatic hydroxyl groups excluding tert-OH is 2. The van der Waals surface area contributed by atoms with E-state index in [1.807, 2.05) is 35.0 Å². The van der Waals surface area contributed by atoms with Crippen LogP contribution in [0.4, 0.5) is 0 Å². The van der Waals surface area contributed by atoms with E-state index in [1.54, 1.807) is 6.20 Å². The van der Waals surface area contributed by atoms with Gasteiger partial charge in [-0.1, -0.05) is 12.1 Å². The minimum Gasteiger partial charge on any atom is -0.490 e. The Bertz CT molecular complexity index is 609. The van der Waals surface area contributed by atoms with Crippen LogP contribution >= 0.6 is 24.8 Å². The number of aliphatic hydroxyl groups is 2. The van der Waals surface area contributed by atoms with E-state index in [0.717, 1.165) is 11.4 Å². The summed E-state index contributed by atoms with van der Waals surface area (Å²) < 4.78 is 7.55. The minimum atomic E-state index is -0.427. The van der Waals surface area contributed by atoms with Crippen molar-refractivity contribution in [2.24, 2.45) is 0 Å². The first-order chi connectivity index (χ1) is 10.3. The van der Waals surface area contributed by atoms with Crippen molar-refractivity contribution in [1.29, 1.82) is 0 Å². The van der Waals surface area contributed by atoms with Gasteiger partial charge in [-0.3, -0.25) is 0 Å². The second kappa shape index (κ2) is 9.10. The Morgan fingerprint density at radius 3 is 2.74 bits per heavy atom. The highest BCUT2D eigenvalue weighted by Gasteiger charge is 2.28. The number of benzene rings is 1. The molecule has 1 saturated heterocycles. The van der Waals surface area contributed by atoms with Crippen molar-refractivity contribution in [2.75, 3.05) is 26.3 Å². The highest BCUT2D eigenvalue weighted by molar-refractivity contribution is 5.85. The molecule has 0 aliphatic carbocycles. The van der Waals surface area contributed by atoms with Crippen LogP contribution in [0.25, 0.3) is 11.4 Å². The summed E-state index contributed by atoms with van der Waals surface area (Å²) in [5.41, 5.74) is 0.857. The fourth-order valence-corrected chi connectivity index (χ4v) is 2.66. The zero-order chi connectivity index (χ0) is 14.7. The molecule has 0 radical (unpaired) electrons. The third-order valence-corrected chi connectivity index (χ3v) is 3.65. The summed E-state index contributed by atoms with van der Waals surface area (Å²) in [5, 5.41) is 22.2. The molecule has 2 aromatic rings. The number of β-amino-alcohol motifs (C(OH)–C–C–N with tert-alkyl or cyclic N) is 1. The van der Waals surface area contributed by atoms with Crippen molar-refractivity contribution in [3.05, 3.63) is 36.7 Å². The topological polar surface area (TPSA) is 79.5 Å². The SMILES string of the molecule is Cl.Cl.OCCOc1ccccc1-c1nccn1[C@@H]1CNC[C@@H]1O. The molecular formula is C15H21Cl2N3O3. The highest BCUT2D eigenvalue weighted by Crippen LogP contribution is 2.31. The van der Waals surface area contributed by atoms with Crippen LogP contribution in [0.3, 0.4) is 0 Å². The number of aromatic nitrogens is 2. The Hall–Kier alpha value is -1.31. The van der Waals surface area contributed by atoms with Crippen LogP contribution in [-0.2, 0) is 0 Å². The van der Waals surface area contributed by atoms with Crippen LogP contribution in [0.15, 0.2) is 36.7 Å². The number of rotatable bonds is 5. The molecule has 0 unspecified atom stereocenters. The van der Waals surface area contributed by atoms with Crippen LogP contribution in [0, 0.1) is 0 Å². The summed E-state index contributed by atoms with van der Waals surface area (Å²) in [6.45, 7) is 1.51. The maximum absolute atomic E-state index is 10.1. The zero-order valence-corrected chi connectivity index (χ0v) is 14.1. The van der Waals surface area contributed by atoms with Gasteiger partial charge in [-0.25, -0.2) is 4.98 Å². The quantitative estimate of drug-likeness (QED) is 0.747. The molecular weight excluding hydrogens is 341 g/mol. The Morgan fingerprint density at radius 1 is 1.26 bits per heavy atom. The molecule has 8 heteroatoms. The fraction of sp³-hybridized carbons (Fsp3) is 0.400. The van der Waals surface area contributed by atoms with Crippen molar-refractivity contribution in [3.8, 4) is 17.1 Å². The number of nitrogens with zero attached hydrogens (tertiary/aromatic N) is 2. The molecule has 23 heavy (non-hydrogen) atoms. The number of hydrogen-bond acceptors (Lipinski definition) is 5. The van der Waals surface area contributed by atoms with Gasteiger partial charge < -0.3 is 24.8 Å². The minimum absolute atomic E-state index is 0. The first-order valence-corrected chi connectivity index (χ1v) is 7.06. The fourth-order valence-electron chi connectivity index (χ4n) is 2.66. The van der Waals surface area contributed by atoms with E-state index in [0.29, 0.717) is 18.8 Å². The van der Waals surface area contributed by atoms with Crippen molar-refractivity contribution >= 4 is 24.8 Å². The predicted molar refractivity (Wildman–Crippen MR) is 92.7 cm³/mol. The standard InChI is InChI=1S/C15H19N3O3.2ClH/c19-7-8-21-14-4-2-1-3-11(14)15-17-5-6-18(15)12-9-16-10-13(12)20;;/h1-6,12-13,16,19-20H,7-10H2;2*1H/t12-,13+;;/m1../s1. The maximum Gasteiger partial charge on any atom is 0.144 e. The summed E-state index contributed by atoms with van der Waals surface area (Å²) >= 11 is 0. The summed E-state index contributed by atoms with van der Waals surface area (Å²) in [4.78, 5) is 4.42. The maximum atomic E-state index is 10.1. The van der Waals surface area contributed by atoms with Gasteiger partial charge in [0, 0.05) is 25.5 Å². The van der Waals surface area contributed by atoms with Gasteiger partial charge in [-0.15, -0.1) is 24.8 Å². The average Bonchev–Trinajstić information content (AvgIpc) is 3.13. The summed E-state index contributed by atoms with van der Waals surface area (Å²) in [5.74, 6) is 1.44. The first-order valence-electron chi connectivity index (χ1n) is 7.06. The molecule has 1 aromatic carbocycles. The molecule has 6 nitrogen and oxygen atoms in total. The van der Waals surface area contributed by atoms with Gasteiger partial charge in [0.1, 0.15) is 18.2 Å². The van der Waals surface area contributed by atoms with E-state index in [4.69, 9.17) is 9.84 Å². The van der Waals surface area contributed by atoms with Crippen molar-refractivity contribution in [3.63, 3.8) is 0 Å². The molecule has 128 valence electrons. The molecule has 1 fully saturated rings. The smallest absolute Gasteiger partial charge is 0.144 e. The molecule has 3 N–H and O–H groups in total. The average molecular weight is 362 g/mol. The number of nitrogens with one attached hydrogen (secondary N) is 1. The van der Waals surface area contributed by atoms with Crippen molar-refractivity contribution < 1.29 is 14.9 Å². The molecule has 0 saturated carbocycles. The van der Waals surface area contributed by atoms with Gasteiger partial charge in [-0.2, -0.15) is 0 Å². The predicted octanol–water partition coefficient (Wildman–Crippen LogP) is 1.27. The Balaban J connectivity index is 0.00000132. The summed E-state index contributed by atoms with van der Waals surface area (Å²) in [6.07, 6.45) is 3.17. The lowest BCUT2D eigenvalue weighted by Crippen LogP contribution is -2.22. The molecule has 2 heterocycles. The van der Waals surface area contributed by atoms with E-state index >= 15 is 0 Å². The van der Waals surface area contributed by atoms with Crippen LogP contribution in [0.5, 0.6) is 5.75 Å². The molecule has 1 aromatic heterocycles. The van der Waals surface area contributed by atoms with Crippen LogP contribution < -0.4 is 10.1 Å². The molecule has 0 spiro atoms. The van der Waals surface area contributed by atoms with Crippen LogP contribution in [0.1, 0.15) is 6.04 Å². The Labute approximate surface area is 147 Å². The van der Waals surface area contributed by atoms with Gasteiger partial charge in [-0.05, 0) is 12.1 Å². The third-order valence-electron chi connectivity index (χ3n) is 3.65. The molecule has 1 aliphatic rings. The molecule has 2 atom stereocenters. The third kappa shape index (κ3) is 4.16. The lowest BCUT2D eigenvalue weighted by Gasteiger charge is -2.19. The van der Waals surface area contributed by atoms with E-state index in [-0.39, 0.29) is 44.1 Å².